The molecule has 3 N–H and O–H groups in total. The number of benzene rings is 2. The Morgan fingerprint density at radius 2 is 1.74 bits per heavy atom. The van der Waals surface area contributed by atoms with Crippen LogP contribution in [0, 0.1) is 6.92 Å². The molecular formula is C23H25N7O. The van der Waals surface area contributed by atoms with Crippen molar-refractivity contribution in [3.05, 3.63) is 71.9 Å². The minimum absolute atomic E-state index is 0.351. The Hall–Kier alpha value is -3.65. The Kier molecular flexibility index (Phi) is 5.13. The van der Waals surface area contributed by atoms with Gasteiger partial charge in [-0.2, -0.15) is 5.10 Å². The molecule has 0 spiro atoms. The van der Waals surface area contributed by atoms with Crippen LogP contribution in [-0.4, -0.2) is 52.9 Å². The van der Waals surface area contributed by atoms with Crippen LogP contribution in [-0.2, 0) is 4.74 Å². The minimum Gasteiger partial charge on any atom is -0.378 e. The van der Waals surface area contributed by atoms with Crippen LogP contribution in [0.2, 0.25) is 0 Å². The minimum atomic E-state index is -0.479. The van der Waals surface area contributed by atoms with E-state index >= 15 is 0 Å². The molecule has 0 radical (unpaired) electrons. The molecule has 31 heavy (non-hydrogen) atoms. The molecule has 3 heterocycles. The maximum Gasteiger partial charge on any atom is 0.203 e. The number of ether oxygens (including phenoxy) is 1. The largest absolute Gasteiger partial charge is 0.378 e. The van der Waals surface area contributed by atoms with Crippen molar-refractivity contribution in [3.63, 3.8) is 0 Å². The molecule has 8 nitrogen and oxygen atoms in total. The number of hydrogen-bond donors (Lipinski definition) is 2. The first-order valence-corrected chi connectivity index (χ1v) is 10.4. The highest BCUT2D eigenvalue weighted by molar-refractivity contribution is 5.99. The lowest BCUT2D eigenvalue weighted by Gasteiger charge is -2.32. The van der Waals surface area contributed by atoms with Crippen LogP contribution in [0.3, 0.4) is 0 Å². The average Bonchev–Trinajstić information content (AvgIpc) is 3.26. The van der Waals surface area contributed by atoms with E-state index in [4.69, 9.17) is 20.6 Å². The maximum absolute atomic E-state index is 6.16. The molecule has 0 aliphatic carbocycles. The van der Waals surface area contributed by atoms with Crippen molar-refractivity contribution < 1.29 is 4.74 Å². The van der Waals surface area contributed by atoms with Gasteiger partial charge in [0, 0.05) is 30.4 Å². The molecule has 1 unspecified atom stereocenters. The normalized spacial score (nSPS) is 18.9. The van der Waals surface area contributed by atoms with Gasteiger partial charge < -0.3 is 15.4 Å². The third kappa shape index (κ3) is 4.02. The molecule has 1 saturated heterocycles. The van der Waals surface area contributed by atoms with Crippen molar-refractivity contribution >= 4 is 11.9 Å². The van der Waals surface area contributed by atoms with E-state index in [1.807, 2.05) is 41.2 Å². The standard InChI is InChI=1S/C23H25N7O/c1-16-7-9-17(10-8-16)20-19(15-30(28-20)18-5-3-2-4-6-18)21-25-22(24)27-23(26-21)29-11-13-31-14-12-29/h2-10,15,21H,11-14H2,1H3,(H3,24,25,26,27). The molecule has 2 aliphatic rings. The van der Waals surface area contributed by atoms with Crippen LogP contribution in [0.15, 0.2) is 70.8 Å². The fourth-order valence-electron chi connectivity index (χ4n) is 3.76. The molecule has 8 heteroatoms. The fraction of sp³-hybridized carbons (Fsp3) is 0.261. The highest BCUT2D eigenvalue weighted by Gasteiger charge is 2.26. The molecule has 1 aromatic heterocycles. The second kappa shape index (κ2) is 8.23. The zero-order chi connectivity index (χ0) is 21.2. The lowest BCUT2D eigenvalue weighted by atomic mass is 10.1. The smallest absolute Gasteiger partial charge is 0.203 e. The topological polar surface area (TPSA) is 93.1 Å². The third-order valence-electron chi connectivity index (χ3n) is 5.42. The Bertz CT molecular complexity index is 1110. The van der Waals surface area contributed by atoms with Gasteiger partial charge in [-0.3, -0.25) is 5.32 Å². The van der Waals surface area contributed by atoms with Crippen molar-refractivity contribution in [3.8, 4) is 16.9 Å². The molecule has 1 fully saturated rings. The van der Waals surface area contributed by atoms with Crippen LogP contribution >= 0.6 is 0 Å². The summed E-state index contributed by atoms with van der Waals surface area (Å²) in [5.74, 6) is 1.08. The van der Waals surface area contributed by atoms with E-state index in [2.05, 4.69) is 46.4 Å². The van der Waals surface area contributed by atoms with Gasteiger partial charge in [0.1, 0.15) is 5.69 Å². The first-order chi connectivity index (χ1) is 15.2. The van der Waals surface area contributed by atoms with E-state index in [9.17, 15) is 0 Å². The summed E-state index contributed by atoms with van der Waals surface area (Å²) < 4.78 is 7.35. The first-order valence-electron chi connectivity index (χ1n) is 10.4. The molecule has 0 amide bonds. The molecule has 5 rings (SSSR count). The van der Waals surface area contributed by atoms with Gasteiger partial charge in [-0.15, -0.1) is 0 Å². The number of morpholine rings is 1. The number of aromatic nitrogens is 2. The van der Waals surface area contributed by atoms with Gasteiger partial charge in [-0.05, 0) is 19.1 Å². The number of aryl methyl sites for hydroxylation is 1. The molecular weight excluding hydrogens is 390 g/mol. The SMILES string of the molecule is Cc1ccc(-c2nn(-c3ccccc3)cc2C2N=C(N)NC(N3CCOCC3)=N2)cc1. The van der Waals surface area contributed by atoms with Gasteiger partial charge in [0.2, 0.25) is 5.96 Å². The number of hydrogen-bond acceptors (Lipinski definition) is 7. The van der Waals surface area contributed by atoms with E-state index in [0.29, 0.717) is 19.2 Å². The van der Waals surface area contributed by atoms with Crippen LogP contribution < -0.4 is 11.1 Å². The molecule has 2 aliphatic heterocycles. The van der Waals surface area contributed by atoms with Gasteiger partial charge in [0.05, 0.1) is 18.9 Å². The van der Waals surface area contributed by atoms with Gasteiger partial charge in [0.15, 0.2) is 12.1 Å². The number of para-hydroxylation sites is 1. The molecule has 158 valence electrons. The monoisotopic (exact) mass is 415 g/mol. The zero-order valence-electron chi connectivity index (χ0n) is 17.4. The number of guanidine groups is 2. The van der Waals surface area contributed by atoms with E-state index in [-0.39, 0.29) is 0 Å². The summed E-state index contributed by atoms with van der Waals surface area (Å²) in [4.78, 5) is 11.6. The van der Waals surface area contributed by atoms with Gasteiger partial charge in [-0.25, -0.2) is 14.7 Å². The zero-order valence-corrected chi connectivity index (χ0v) is 17.4. The van der Waals surface area contributed by atoms with Crippen molar-refractivity contribution in [1.29, 1.82) is 0 Å². The number of nitrogens with one attached hydrogen (secondary N) is 1. The van der Waals surface area contributed by atoms with Gasteiger partial charge in [-0.1, -0.05) is 48.0 Å². The summed E-state index contributed by atoms with van der Waals surface area (Å²) in [5.41, 5.74) is 11.1. The van der Waals surface area contributed by atoms with Crippen LogP contribution in [0.1, 0.15) is 17.3 Å². The lowest BCUT2D eigenvalue weighted by molar-refractivity contribution is 0.0667. The lowest BCUT2D eigenvalue weighted by Crippen LogP contribution is -2.52. The molecule has 1 atom stereocenters. The molecule has 0 saturated carbocycles. The summed E-state index contributed by atoms with van der Waals surface area (Å²) in [6.45, 7) is 4.94. The highest BCUT2D eigenvalue weighted by Crippen LogP contribution is 2.32. The van der Waals surface area contributed by atoms with Crippen LogP contribution in [0.5, 0.6) is 0 Å². The van der Waals surface area contributed by atoms with Gasteiger partial charge in [0.25, 0.3) is 0 Å². The Labute approximate surface area is 181 Å². The molecule has 3 aromatic rings. The molecule has 0 bridgehead atoms. The maximum atomic E-state index is 6.16. The van der Waals surface area contributed by atoms with E-state index in [1.165, 1.54) is 5.56 Å². The summed E-state index contributed by atoms with van der Waals surface area (Å²) in [6, 6.07) is 18.4. The van der Waals surface area contributed by atoms with Crippen LogP contribution in [0.25, 0.3) is 16.9 Å². The number of rotatable bonds is 3. The predicted molar refractivity (Wildman–Crippen MR) is 121 cm³/mol. The Morgan fingerprint density at radius 1 is 1.00 bits per heavy atom. The summed E-state index contributed by atoms with van der Waals surface area (Å²) in [7, 11) is 0. The second-order valence-corrected chi connectivity index (χ2v) is 7.64. The molecule has 2 aromatic carbocycles. The van der Waals surface area contributed by atoms with E-state index < -0.39 is 6.17 Å². The number of aliphatic imine (C=N–C) groups is 2. The summed E-state index contributed by atoms with van der Waals surface area (Å²) in [5, 5.41) is 8.01. The second-order valence-electron chi connectivity index (χ2n) is 7.64. The summed E-state index contributed by atoms with van der Waals surface area (Å²) in [6.07, 6.45) is 1.52. The first kappa shape index (κ1) is 19.3. The van der Waals surface area contributed by atoms with E-state index in [1.54, 1.807) is 0 Å². The van der Waals surface area contributed by atoms with Crippen molar-refractivity contribution in [2.45, 2.75) is 13.1 Å². The average molecular weight is 416 g/mol. The van der Waals surface area contributed by atoms with Crippen molar-refractivity contribution in [2.75, 3.05) is 26.3 Å². The highest BCUT2D eigenvalue weighted by atomic mass is 16.5. The quantitative estimate of drug-likeness (QED) is 0.685. The predicted octanol–water partition coefficient (Wildman–Crippen LogP) is 2.45. The van der Waals surface area contributed by atoms with Crippen molar-refractivity contribution in [2.24, 2.45) is 15.7 Å². The third-order valence-corrected chi connectivity index (χ3v) is 5.42. The summed E-state index contributed by atoms with van der Waals surface area (Å²) >= 11 is 0. The van der Waals surface area contributed by atoms with Crippen LogP contribution in [0.4, 0.5) is 0 Å². The van der Waals surface area contributed by atoms with E-state index in [0.717, 1.165) is 41.6 Å². The fourth-order valence-corrected chi connectivity index (χ4v) is 3.76. The Morgan fingerprint density at radius 3 is 2.48 bits per heavy atom. The van der Waals surface area contributed by atoms with Crippen molar-refractivity contribution in [1.82, 2.24) is 20.0 Å². The number of nitrogens with two attached hydrogens (primary N) is 1. The Balaban J connectivity index is 1.59. The van der Waals surface area contributed by atoms with Gasteiger partial charge >= 0.3 is 0 Å². The number of nitrogens with zero attached hydrogens (tertiary/aromatic N) is 5.